The van der Waals surface area contributed by atoms with Crippen LogP contribution in [0, 0.1) is 0 Å². The highest BCUT2D eigenvalue weighted by atomic mass is 32.2. The minimum Gasteiger partial charge on any atom is -0.481 e. The molecule has 0 unspecified atom stereocenters. The molecule has 1 saturated carbocycles. The maximum absolute atomic E-state index is 12.3. The van der Waals surface area contributed by atoms with Gasteiger partial charge in [0.1, 0.15) is 0 Å². The van der Waals surface area contributed by atoms with Crippen molar-refractivity contribution in [3.8, 4) is 0 Å². The Morgan fingerprint density at radius 1 is 1.28 bits per heavy atom. The van der Waals surface area contributed by atoms with Crippen molar-refractivity contribution in [3.05, 3.63) is 0 Å². The second kappa shape index (κ2) is 5.26. The Morgan fingerprint density at radius 3 is 2.17 bits per heavy atom. The number of rotatable bonds is 5. The van der Waals surface area contributed by atoms with E-state index in [2.05, 4.69) is 0 Å². The SMILES string of the molecule is CN(CCC(=O)O)C(=O)C1(S(C)(=O)=O)CCCC1. The molecular formula is C11H19NO5S. The Morgan fingerprint density at radius 2 is 1.78 bits per heavy atom. The fourth-order valence-electron chi connectivity index (χ4n) is 2.40. The zero-order valence-corrected chi connectivity index (χ0v) is 11.5. The molecule has 104 valence electrons. The molecule has 6 nitrogen and oxygen atoms in total. The van der Waals surface area contributed by atoms with Crippen molar-refractivity contribution in [1.29, 1.82) is 0 Å². The third-order valence-corrected chi connectivity index (χ3v) is 5.52. The fourth-order valence-corrected chi connectivity index (χ4v) is 3.91. The van der Waals surface area contributed by atoms with E-state index in [1.54, 1.807) is 0 Å². The number of nitrogens with zero attached hydrogens (tertiary/aromatic N) is 1. The molecule has 0 radical (unpaired) electrons. The van der Waals surface area contributed by atoms with Crippen molar-refractivity contribution >= 4 is 21.7 Å². The van der Waals surface area contributed by atoms with E-state index in [4.69, 9.17) is 5.11 Å². The lowest BCUT2D eigenvalue weighted by atomic mass is 10.1. The summed E-state index contributed by atoms with van der Waals surface area (Å²) in [5, 5.41) is 8.58. The standard InChI is InChI=1S/C11H19NO5S/c1-12(8-5-9(13)14)10(15)11(18(2,16)17)6-3-4-7-11/h3-8H2,1-2H3,(H,13,14). The molecule has 1 fully saturated rings. The number of hydrogen-bond acceptors (Lipinski definition) is 4. The third kappa shape index (κ3) is 2.82. The average Bonchev–Trinajstić information content (AvgIpc) is 2.74. The second-order valence-electron chi connectivity index (χ2n) is 4.84. The summed E-state index contributed by atoms with van der Waals surface area (Å²) >= 11 is 0. The van der Waals surface area contributed by atoms with Crippen LogP contribution in [-0.4, -0.2) is 54.9 Å². The zero-order chi connectivity index (χ0) is 14.0. The van der Waals surface area contributed by atoms with E-state index in [9.17, 15) is 18.0 Å². The van der Waals surface area contributed by atoms with Crippen LogP contribution in [-0.2, 0) is 19.4 Å². The van der Waals surface area contributed by atoms with Gasteiger partial charge in [-0.15, -0.1) is 0 Å². The number of carbonyl (C=O) groups excluding carboxylic acids is 1. The summed E-state index contributed by atoms with van der Waals surface area (Å²) in [6.45, 7) is 0.0332. The Kier molecular flexibility index (Phi) is 4.37. The molecule has 1 aliphatic rings. The minimum absolute atomic E-state index is 0.0332. The highest BCUT2D eigenvalue weighted by Crippen LogP contribution is 2.37. The van der Waals surface area contributed by atoms with Crippen molar-refractivity contribution in [2.75, 3.05) is 19.8 Å². The van der Waals surface area contributed by atoms with Gasteiger partial charge < -0.3 is 10.0 Å². The summed E-state index contributed by atoms with van der Waals surface area (Å²) in [5.74, 6) is -1.47. The van der Waals surface area contributed by atoms with Crippen molar-refractivity contribution in [2.45, 2.75) is 36.9 Å². The first-order chi connectivity index (χ1) is 8.21. The van der Waals surface area contributed by atoms with E-state index in [0.717, 1.165) is 6.26 Å². The smallest absolute Gasteiger partial charge is 0.305 e. The molecule has 0 aromatic carbocycles. The largest absolute Gasteiger partial charge is 0.481 e. The quantitative estimate of drug-likeness (QED) is 0.779. The van der Waals surface area contributed by atoms with Gasteiger partial charge in [-0.25, -0.2) is 8.42 Å². The number of sulfone groups is 1. The van der Waals surface area contributed by atoms with Crippen LogP contribution in [0.3, 0.4) is 0 Å². The van der Waals surface area contributed by atoms with Crippen LogP contribution in [0.25, 0.3) is 0 Å². The third-order valence-electron chi connectivity index (χ3n) is 3.52. The first-order valence-electron chi connectivity index (χ1n) is 5.88. The van der Waals surface area contributed by atoms with Gasteiger partial charge in [0.15, 0.2) is 14.6 Å². The maximum Gasteiger partial charge on any atom is 0.305 e. The predicted molar refractivity (Wildman–Crippen MR) is 65.9 cm³/mol. The van der Waals surface area contributed by atoms with Gasteiger partial charge in [-0.1, -0.05) is 12.8 Å². The van der Waals surface area contributed by atoms with Crippen molar-refractivity contribution < 1.29 is 23.1 Å². The van der Waals surface area contributed by atoms with Crippen LogP contribution in [0.15, 0.2) is 0 Å². The van der Waals surface area contributed by atoms with E-state index in [1.165, 1.54) is 11.9 Å². The molecule has 1 amide bonds. The van der Waals surface area contributed by atoms with Crippen molar-refractivity contribution in [2.24, 2.45) is 0 Å². The molecule has 18 heavy (non-hydrogen) atoms. The van der Waals surface area contributed by atoms with Gasteiger partial charge in [0, 0.05) is 19.8 Å². The molecule has 0 saturated heterocycles. The maximum atomic E-state index is 12.3. The highest BCUT2D eigenvalue weighted by Gasteiger charge is 2.51. The highest BCUT2D eigenvalue weighted by molar-refractivity contribution is 7.92. The van der Waals surface area contributed by atoms with Crippen molar-refractivity contribution in [1.82, 2.24) is 4.90 Å². The van der Waals surface area contributed by atoms with Crippen LogP contribution in [0.5, 0.6) is 0 Å². The number of carbonyl (C=O) groups is 2. The lowest BCUT2D eigenvalue weighted by Gasteiger charge is -2.30. The van der Waals surface area contributed by atoms with Crippen LogP contribution in [0.4, 0.5) is 0 Å². The Hall–Kier alpha value is -1.11. The van der Waals surface area contributed by atoms with Crippen LogP contribution < -0.4 is 0 Å². The molecule has 7 heteroatoms. The van der Waals surface area contributed by atoms with Crippen LogP contribution in [0.1, 0.15) is 32.1 Å². The summed E-state index contributed by atoms with van der Waals surface area (Å²) in [6.07, 6.45) is 3.00. The lowest BCUT2D eigenvalue weighted by molar-refractivity contribution is -0.138. The molecule has 0 heterocycles. The molecule has 1 aliphatic carbocycles. The van der Waals surface area contributed by atoms with Gasteiger partial charge in [0.2, 0.25) is 5.91 Å². The van der Waals surface area contributed by atoms with E-state index in [1.807, 2.05) is 0 Å². The molecule has 1 rings (SSSR count). The molecule has 0 spiro atoms. The molecule has 1 N–H and O–H groups in total. The summed E-state index contributed by atoms with van der Waals surface area (Å²) in [6, 6.07) is 0. The number of amides is 1. The van der Waals surface area contributed by atoms with E-state index in [-0.39, 0.29) is 13.0 Å². The minimum atomic E-state index is -3.49. The number of aliphatic carboxylic acids is 1. The summed E-state index contributed by atoms with van der Waals surface area (Å²) in [5.41, 5.74) is 0. The van der Waals surface area contributed by atoms with E-state index >= 15 is 0 Å². The van der Waals surface area contributed by atoms with Gasteiger partial charge in [-0.3, -0.25) is 9.59 Å². The van der Waals surface area contributed by atoms with Crippen molar-refractivity contribution in [3.63, 3.8) is 0 Å². The predicted octanol–water partition coefficient (Wildman–Crippen LogP) is 0.277. The summed E-state index contributed by atoms with van der Waals surface area (Å²) in [7, 11) is -2.03. The van der Waals surface area contributed by atoms with E-state index < -0.39 is 26.5 Å². The monoisotopic (exact) mass is 277 g/mol. The fraction of sp³-hybridized carbons (Fsp3) is 0.818. The molecule has 0 aromatic heterocycles. The first-order valence-corrected chi connectivity index (χ1v) is 7.77. The lowest BCUT2D eigenvalue weighted by Crippen LogP contribution is -2.51. The first kappa shape index (κ1) is 14.9. The molecule has 0 atom stereocenters. The molecule has 0 bridgehead atoms. The van der Waals surface area contributed by atoms with Crippen LogP contribution >= 0.6 is 0 Å². The number of hydrogen-bond donors (Lipinski definition) is 1. The van der Waals surface area contributed by atoms with Gasteiger partial charge in [-0.05, 0) is 12.8 Å². The van der Waals surface area contributed by atoms with Crippen LogP contribution in [0.2, 0.25) is 0 Å². The average molecular weight is 277 g/mol. The summed E-state index contributed by atoms with van der Waals surface area (Å²) < 4.78 is 22.4. The Labute approximate surface area is 107 Å². The Bertz CT molecular complexity index is 436. The Balaban J connectivity index is 2.88. The molecule has 0 aromatic rings. The van der Waals surface area contributed by atoms with Gasteiger partial charge in [0.25, 0.3) is 0 Å². The van der Waals surface area contributed by atoms with Gasteiger partial charge >= 0.3 is 5.97 Å². The molecule has 0 aliphatic heterocycles. The number of carboxylic acids is 1. The molecular weight excluding hydrogens is 258 g/mol. The second-order valence-corrected chi connectivity index (χ2v) is 7.17. The zero-order valence-electron chi connectivity index (χ0n) is 10.7. The van der Waals surface area contributed by atoms with Gasteiger partial charge in [0.05, 0.1) is 6.42 Å². The van der Waals surface area contributed by atoms with Gasteiger partial charge in [-0.2, -0.15) is 0 Å². The summed E-state index contributed by atoms with van der Waals surface area (Å²) in [4.78, 5) is 24.0. The topological polar surface area (TPSA) is 91.8 Å². The number of carboxylic acid groups (broad SMARTS) is 1. The van der Waals surface area contributed by atoms with E-state index in [0.29, 0.717) is 25.7 Å². The normalized spacial score (nSPS) is 18.6.